The van der Waals surface area contributed by atoms with Gasteiger partial charge in [0.05, 0.1) is 13.7 Å². The van der Waals surface area contributed by atoms with Crippen LogP contribution in [0.4, 0.5) is 0 Å². The Hall–Kier alpha value is -3.01. The Morgan fingerprint density at radius 2 is 1.77 bits per heavy atom. The summed E-state index contributed by atoms with van der Waals surface area (Å²) >= 11 is 0. The molecular weight excluding hydrogens is 372 g/mol. The van der Waals surface area contributed by atoms with E-state index in [2.05, 4.69) is 74.9 Å². The van der Waals surface area contributed by atoms with Crippen molar-refractivity contribution < 1.29 is 9.53 Å². The van der Waals surface area contributed by atoms with Crippen LogP contribution < -0.4 is 4.74 Å². The second-order valence-corrected chi connectivity index (χ2v) is 8.26. The van der Waals surface area contributed by atoms with Crippen molar-refractivity contribution in [3.8, 4) is 5.75 Å². The molecule has 0 saturated heterocycles. The van der Waals surface area contributed by atoms with E-state index in [1.54, 1.807) is 7.11 Å². The predicted octanol–water partition coefficient (Wildman–Crippen LogP) is 5.54. The van der Waals surface area contributed by atoms with Gasteiger partial charge in [-0.15, -0.1) is 0 Å². The maximum atomic E-state index is 13.4. The van der Waals surface area contributed by atoms with Crippen molar-refractivity contribution in [3.05, 3.63) is 89.2 Å². The first-order valence-electron chi connectivity index (χ1n) is 10.5. The van der Waals surface area contributed by atoms with Crippen molar-refractivity contribution in [3.63, 3.8) is 0 Å². The quantitative estimate of drug-likeness (QED) is 0.494. The molecule has 1 unspecified atom stereocenters. The van der Waals surface area contributed by atoms with Crippen LogP contribution in [0.5, 0.6) is 5.75 Å². The monoisotopic (exact) mass is 404 g/mol. The zero-order chi connectivity index (χ0) is 21.7. The van der Waals surface area contributed by atoms with Crippen molar-refractivity contribution >= 4 is 5.91 Å². The molecule has 1 heterocycles. The highest BCUT2D eigenvalue weighted by atomic mass is 16.5. The van der Waals surface area contributed by atoms with E-state index in [0.717, 1.165) is 18.0 Å². The number of ether oxygens (including phenoxy) is 1. The maximum absolute atomic E-state index is 13.4. The lowest BCUT2D eigenvalue weighted by atomic mass is 10.0. The van der Waals surface area contributed by atoms with Gasteiger partial charge in [-0.2, -0.15) is 0 Å². The summed E-state index contributed by atoms with van der Waals surface area (Å²) in [4.78, 5) is 15.4. The number of carbonyl (C=O) groups is 1. The second-order valence-electron chi connectivity index (χ2n) is 8.26. The van der Waals surface area contributed by atoms with Crippen LogP contribution in [-0.2, 0) is 13.1 Å². The number of hydrogen-bond acceptors (Lipinski definition) is 2. The summed E-state index contributed by atoms with van der Waals surface area (Å²) < 4.78 is 7.47. The first-order chi connectivity index (χ1) is 14.4. The first-order valence-corrected chi connectivity index (χ1v) is 10.5. The Morgan fingerprint density at radius 1 is 1.03 bits per heavy atom. The molecule has 0 radical (unpaired) electrons. The molecule has 0 saturated carbocycles. The normalized spacial score (nSPS) is 12.1. The average molecular weight is 405 g/mol. The van der Waals surface area contributed by atoms with Crippen LogP contribution in [0.15, 0.2) is 66.9 Å². The van der Waals surface area contributed by atoms with Crippen LogP contribution >= 0.6 is 0 Å². The van der Waals surface area contributed by atoms with Gasteiger partial charge in [-0.3, -0.25) is 4.79 Å². The van der Waals surface area contributed by atoms with E-state index >= 15 is 0 Å². The molecule has 4 nitrogen and oxygen atoms in total. The number of aromatic nitrogens is 1. The summed E-state index contributed by atoms with van der Waals surface area (Å²) in [5, 5.41) is 0. The van der Waals surface area contributed by atoms with Crippen LogP contribution in [-0.4, -0.2) is 28.5 Å². The Morgan fingerprint density at radius 3 is 2.40 bits per heavy atom. The van der Waals surface area contributed by atoms with E-state index in [9.17, 15) is 4.79 Å². The zero-order valence-corrected chi connectivity index (χ0v) is 18.6. The minimum atomic E-state index is 0.0437. The number of hydrogen-bond donors (Lipinski definition) is 0. The summed E-state index contributed by atoms with van der Waals surface area (Å²) in [5.41, 5.74) is 4.33. The van der Waals surface area contributed by atoms with Crippen molar-refractivity contribution in [2.75, 3.05) is 7.11 Å². The number of rotatable bonds is 8. The molecule has 158 valence electrons. The molecule has 0 N–H and O–H groups in total. The minimum absolute atomic E-state index is 0.0437. The standard InChI is InChI=1S/C26H32N2O2/c1-19(2)21(4)28(26(29)23-11-13-25(30-5)14-12-23)18-24-10-7-15-27(24)17-22-9-6-8-20(3)16-22/h6-16,19,21H,17-18H2,1-5H3. The number of amides is 1. The van der Waals surface area contributed by atoms with E-state index in [1.807, 2.05) is 29.2 Å². The molecule has 3 aromatic rings. The first kappa shape index (κ1) is 21.7. The van der Waals surface area contributed by atoms with Gasteiger partial charge in [-0.05, 0) is 61.7 Å². The Kier molecular flexibility index (Phi) is 6.99. The van der Waals surface area contributed by atoms with E-state index in [-0.39, 0.29) is 11.9 Å². The van der Waals surface area contributed by atoms with Crippen molar-refractivity contribution in [2.45, 2.75) is 46.8 Å². The van der Waals surface area contributed by atoms with Gasteiger partial charge in [0.1, 0.15) is 5.75 Å². The van der Waals surface area contributed by atoms with Gasteiger partial charge in [-0.25, -0.2) is 0 Å². The smallest absolute Gasteiger partial charge is 0.254 e. The van der Waals surface area contributed by atoms with Gasteiger partial charge in [0.2, 0.25) is 0 Å². The fourth-order valence-electron chi connectivity index (χ4n) is 3.59. The number of aryl methyl sites for hydroxylation is 1. The van der Waals surface area contributed by atoms with Crippen LogP contribution in [0.3, 0.4) is 0 Å². The summed E-state index contributed by atoms with van der Waals surface area (Å²) in [6.07, 6.45) is 2.09. The predicted molar refractivity (Wildman–Crippen MR) is 122 cm³/mol. The van der Waals surface area contributed by atoms with E-state index in [1.165, 1.54) is 11.1 Å². The maximum Gasteiger partial charge on any atom is 0.254 e. The molecule has 30 heavy (non-hydrogen) atoms. The van der Waals surface area contributed by atoms with Gasteiger partial charge in [0.15, 0.2) is 0 Å². The Balaban J connectivity index is 1.85. The fraction of sp³-hybridized carbons (Fsp3) is 0.346. The molecule has 2 aromatic carbocycles. The third-order valence-electron chi connectivity index (χ3n) is 5.75. The zero-order valence-electron chi connectivity index (χ0n) is 18.6. The lowest BCUT2D eigenvalue weighted by Gasteiger charge is -2.32. The number of nitrogens with zero attached hydrogens (tertiary/aromatic N) is 2. The van der Waals surface area contributed by atoms with Crippen molar-refractivity contribution in [1.82, 2.24) is 9.47 Å². The molecule has 1 atom stereocenters. The van der Waals surface area contributed by atoms with Gasteiger partial charge in [0, 0.05) is 30.0 Å². The number of methoxy groups -OCH3 is 1. The largest absolute Gasteiger partial charge is 0.497 e. The summed E-state index contributed by atoms with van der Waals surface area (Å²) in [6.45, 7) is 9.92. The third-order valence-corrected chi connectivity index (χ3v) is 5.75. The molecule has 1 amide bonds. The SMILES string of the molecule is COc1ccc(C(=O)N(Cc2cccn2Cc2cccc(C)c2)C(C)C(C)C)cc1. The molecule has 0 aliphatic rings. The molecule has 1 aromatic heterocycles. The Bertz CT molecular complexity index is 973. The molecule has 3 rings (SSSR count). The van der Waals surface area contributed by atoms with Crippen LogP contribution in [0.2, 0.25) is 0 Å². The molecule has 0 fully saturated rings. The third kappa shape index (κ3) is 5.12. The molecule has 0 bridgehead atoms. The summed E-state index contributed by atoms with van der Waals surface area (Å²) in [7, 11) is 1.63. The lowest BCUT2D eigenvalue weighted by molar-refractivity contribution is 0.0622. The van der Waals surface area contributed by atoms with Gasteiger partial charge in [0.25, 0.3) is 5.91 Å². The average Bonchev–Trinajstić information content (AvgIpc) is 3.17. The van der Waals surface area contributed by atoms with Crippen molar-refractivity contribution in [2.24, 2.45) is 5.92 Å². The van der Waals surface area contributed by atoms with Crippen LogP contribution in [0.25, 0.3) is 0 Å². The van der Waals surface area contributed by atoms with E-state index in [0.29, 0.717) is 18.0 Å². The molecule has 4 heteroatoms. The number of benzene rings is 2. The van der Waals surface area contributed by atoms with Gasteiger partial charge < -0.3 is 14.2 Å². The molecule has 0 aliphatic heterocycles. The van der Waals surface area contributed by atoms with Crippen LogP contribution in [0.1, 0.15) is 48.0 Å². The minimum Gasteiger partial charge on any atom is -0.497 e. The number of carbonyl (C=O) groups excluding carboxylic acids is 1. The topological polar surface area (TPSA) is 34.5 Å². The van der Waals surface area contributed by atoms with Gasteiger partial charge >= 0.3 is 0 Å². The summed E-state index contributed by atoms with van der Waals surface area (Å²) in [5.74, 6) is 1.15. The van der Waals surface area contributed by atoms with E-state index < -0.39 is 0 Å². The second kappa shape index (κ2) is 9.66. The highest BCUT2D eigenvalue weighted by Crippen LogP contribution is 2.21. The lowest BCUT2D eigenvalue weighted by Crippen LogP contribution is -2.41. The Labute approximate surface area is 180 Å². The highest BCUT2D eigenvalue weighted by molar-refractivity contribution is 5.94. The van der Waals surface area contributed by atoms with E-state index in [4.69, 9.17) is 4.74 Å². The molecule has 0 aliphatic carbocycles. The molecular formula is C26H32N2O2. The van der Waals surface area contributed by atoms with Gasteiger partial charge in [-0.1, -0.05) is 43.7 Å². The van der Waals surface area contributed by atoms with Crippen molar-refractivity contribution in [1.29, 1.82) is 0 Å². The highest BCUT2D eigenvalue weighted by Gasteiger charge is 2.25. The fourth-order valence-corrected chi connectivity index (χ4v) is 3.59. The van der Waals surface area contributed by atoms with Crippen LogP contribution in [0, 0.1) is 12.8 Å². The summed E-state index contributed by atoms with van der Waals surface area (Å²) in [6, 6.07) is 20.2. The molecule has 0 spiro atoms.